The van der Waals surface area contributed by atoms with E-state index in [-0.39, 0.29) is 0 Å². The molecule has 0 bridgehead atoms. The zero-order chi connectivity index (χ0) is 12.8. The standard InChI is InChI=1S/C14H24N4/c1-3-10-18(11-13-4-7-15-8-5-13)14-6-9-16-12(2)17-14/h6,9,13,15H,3-5,7-8,10-11H2,1-2H3. The van der Waals surface area contributed by atoms with E-state index in [0.717, 1.165) is 50.2 Å². The molecular formula is C14H24N4. The van der Waals surface area contributed by atoms with Gasteiger partial charge in [0, 0.05) is 19.3 Å². The molecule has 0 atom stereocenters. The summed E-state index contributed by atoms with van der Waals surface area (Å²) in [5.41, 5.74) is 0. The summed E-state index contributed by atoms with van der Waals surface area (Å²) >= 11 is 0. The van der Waals surface area contributed by atoms with E-state index in [1.807, 2.05) is 19.2 Å². The zero-order valence-corrected chi connectivity index (χ0v) is 11.5. The minimum Gasteiger partial charge on any atom is -0.356 e. The van der Waals surface area contributed by atoms with Crippen LogP contribution in [0.25, 0.3) is 0 Å². The van der Waals surface area contributed by atoms with Crippen LogP contribution >= 0.6 is 0 Å². The van der Waals surface area contributed by atoms with Crippen molar-refractivity contribution in [2.24, 2.45) is 5.92 Å². The fourth-order valence-electron chi connectivity index (χ4n) is 2.57. The summed E-state index contributed by atoms with van der Waals surface area (Å²) in [7, 11) is 0. The van der Waals surface area contributed by atoms with Crippen LogP contribution in [0.4, 0.5) is 5.82 Å². The molecule has 2 heterocycles. The number of piperidine rings is 1. The first-order valence-corrected chi connectivity index (χ1v) is 7.05. The van der Waals surface area contributed by atoms with Crippen molar-refractivity contribution in [2.75, 3.05) is 31.1 Å². The maximum atomic E-state index is 4.56. The van der Waals surface area contributed by atoms with Crippen molar-refractivity contribution in [3.63, 3.8) is 0 Å². The molecule has 1 aliphatic rings. The molecule has 0 aliphatic carbocycles. The second kappa shape index (κ2) is 6.69. The van der Waals surface area contributed by atoms with Crippen LogP contribution in [0.15, 0.2) is 12.3 Å². The highest BCUT2D eigenvalue weighted by Crippen LogP contribution is 2.18. The summed E-state index contributed by atoms with van der Waals surface area (Å²) in [6.07, 6.45) is 5.59. The first kappa shape index (κ1) is 13.3. The number of anilines is 1. The SMILES string of the molecule is CCCN(CC1CCNCC1)c1ccnc(C)n1. The average molecular weight is 248 g/mol. The molecule has 18 heavy (non-hydrogen) atoms. The third-order valence-corrected chi connectivity index (χ3v) is 3.52. The number of nitrogens with zero attached hydrogens (tertiary/aromatic N) is 3. The molecule has 1 aromatic heterocycles. The Kier molecular flexibility index (Phi) is 4.93. The van der Waals surface area contributed by atoms with Crippen molar-refractivity contribution in [1.29, 1.82) is 0 Å². The molecule has 4 nitrogen and oxygen atoms in total. The van der Waals surface area contributed by atoms with E-state index in [2.05, 4.69) is 27.1 Å². The third kappa shape index (κ3) is 3.67. The zero-order valence-electron chi connectivity index (χ0n) is 11.5. The molecule has 1 fully saturated rings. The van der Waals surface area contributed by atoms with Crippen molar-refractivity contribution in [3.8, 4) is 0 Å². The summed E-state index contributed by atoms with van der Waals surface area (Å²) in [6, 6.07) is 2.03. The highest BCUT2D eigenvalue weighted by atomic mass is 15.2. The number of aryl methyl sites for hydroxylation is 1. The molecule has 1 aliphatic heterocycles. The lowest BCUT2D eigenvalue weighted by molar-refractivity contribution is 0.372. The van der Waals surface area contributed by atoms with Crippen molar-refractivity contribution >= 4 is 5.82 Å². The maximum absolute atomic E-state index is 4.56. The quantitative estimate of drug-likeness (QED) is 0.865. The van der Waals surface area contributed by atoms with Gasteiger partial charge in [-0.15, -0.1) is 0 Å². The molecule has 2 rings (SSSR count). The summed E-state index contributed by atoms with van der Waals surface area (Å²) in [6.45, 7) is 8.72. The molecule has 0 amide bonds. The van der Waals surface area contributed by atoms with Crippen molar-refractivity contribution in [2.45, 2.75) is 33.1 Å². The van der Waals surface area contributed by atoms with E-state index in [1.54, 1.807) is 0 Å². The van der Waals surface area contributed by atoms with Crippen LogP contribution < -0.4 is 10.2 Å². The Labute approximate surface area is 110 Å². The van der Waals surface area contributed by atoms with Crippen molar-refractivity contribution < 1.29 is 0 Å². The van der Waals surface area contributed by atoms with Gasteiger partial charge in [-0.1, -0.05) is 6.92 Å². The number of nitrogens with one attached hydrogen (secondary N) is 1. The first-order valence-electron chi connectivity index (χ1n) is 7.05. The van der Waals surface area contributed by atoms with Crippen LogP contribution in [-0.2, 0) is 0 Å². The fourth-order valence-corrected chi connectivity index (χ4v) is 2.57. The minimum absolute atomic E-state index is 0.799. The number of rotatable bonds is 5. The first-order chi connectivity index (χ1) is 8.79. The van der Waals surface area contributed by atoms with E-state index >= 15 is 0 Å². The van der Waals surface area contributed by atoms with Crippen molar-refractivity contribution in [3.05, 3.63) is 18.1 Å². The van der Waals surface area contributed by atoms with E-state index in [4.69, 9.17) is 0 Å². The largest absolute Gasteiger partial charge is 0.356 e. The number of hydrogen-bond acceptors (Lipinski definition) is 4. The van der Waals surface area contributed by atoms with Gasteiger partial charge in [-0.3, -0.25) is 0 Å². The molecule has 1 saturated heterocycles. The second-order valence-electron chi connectivity index (χ2n) is 5.10. The summed E-state index contributed by atoms with van der Waals surface area (Å²) in [5, 5.41) is 3.42. The summed E-state index contributed by atoms with van der Waals surface area (Å²) in [5.74, 6) is 2.75. The van der Waals surface area contributed by atoms with E-state index < -0.39 is 0 Å². The Morgan fingerprint density at radius 3 is 2.83 bits per heavy atom. The Bertz CT molecular complexity index is 361. The Morgan fingerprint density at radius 1 is 1.39 bits per heavy atom. The van der Waals surface area contributed by atoms with Gasteiger partial charge < -0.3 is 10.2 Å². The lowest BCUT2D eigenvalue weighted by Gasteiger charge is -2.30. The van der Waals surface area contributed by atoms with E-state index in [9.17, 15) is 0 Å². The summed E-state index contributed by atoms with van der Waals surface area (Å²) < 4.78 is 0. The molecular weight excluding hydrogens is 224 g/mol. The van der Waals surface area contributed by atoms with Gasteiger partial charge in [0.15, 0.2) is 0 Å². The van der Waals surface area contributed by atoms with Crippen LogP contribution in [0.1, 0.15) is 32.0 Å². The van der Waals surface area contributed by atoms with Gasteiger partial charge in [-0.05, 0) is 51.3 Å². The molecule has 4 heteroatoms. The topological polar surface area (TPSA) is 41.0 Å². The van der Waals surface area contributed by atoms with Gasteiger partial charge >= 0.3 is 0 Å². The van der Waals surface area contributed by atoms with Gasteiger partial charge in [0.1, 0.15) is 11.6 Å². The maximum Gasteiger partial charge on any atom is 0.132 e. The Hall–Kier alpha value is -1.16. The van der Waals surface area contributed by atoms with Gasteiger partial charge in [0.2, 0.25) is 0 Å². The average Bonchev–Trinajstić information content (AvgIpc) is 2.39. The molecule has 0 saturated carbocycles. The molecule has 1 N–H and O–H groups in total. The number of aromatic nitrogens is 2. The molecule has 100 valence electrons. The van der Waals surface area contributed by atoms with Crippen LogP contribution in [0, 0.1) is 12.8 Å². The van der Waals surface area contributed by atoms with Gasteiger partial charge in [-0.25, -0.2) is 9.97 Å². The normalized spacial score (nSPS) is 16.8. The smallest absolute Gasteiger partial charge is 0.132 e. The van der Waals surface area contributed by atoms with Crippen molar-refractivity contribution in [1.82, 2.24) is 15.3 Å². The lowest BCUT2D eigenvalue weighted by atomic mass is 9.97. The predicted molar refractivity (Wildman–Crippen MR) is 74.9 cm³/mol. The third-order valence-electron chi connectivity index (χ3n) is 3.52. The molecule has 1 aromatic rings. The molecule has 0 spiro atoms. The van der Waals surface area contributed by atoms with Crippen LogP contribution in [0.5, 0.6) is 0 Å². The second-order valence-corrected chi connectivity index (χ2v) is 5.10. The summed E-state index contributed by atoms with van der Waals surface area (Å²) in [4.78, 5) is 11.2. The van der Waals surface area contributed by atoms with Crippen LogP contribution in [0.3, 0.4) is 0 Å². The Balaban J connectivity index is 2.02. The highest BCUT2D eigenvalue weighted by Gasteiger charge is 2.17. The molecule has 0 unspecified atom stereocenters. The molecule has 0 radical (unpaired) electrons. The van der Waals surface area contributed by atoms with Gasteiger partial charge in [-0.2, -0.15) is 0 Å². The van der Waals surface area contributed by atoms with E-state index in [0.29, 0.717) is 0 Å². The lowest BCUT2D eigenvalue weighted by Crippen LogP contribution is -2.37. The van der Waals surface area contributed by atoms with Gasteiger partial charge in [0.25, 0.3) is 0 Å². The van der Waals surface area contributed by atoms with E-state index in [1.165, 1.54) is 12.8 Å². The fraction of sp³-hybridized carbons (Fsp3) is 0.714. The predicted octanol–water partition coefficient (Wildman–Crippen LogP) is 2.00. The monoisotopic (exact) mass is 248 g/mol. The minimum atomic E-state index is 0.799. The number of hydrogen-bond donors (Lipinski definition) is 1. The molecule has 0 aromatic carbocycles. The highest BCUT2D eigenvalue weighted by molar-refractivity contribution is 5.37. The van der Waals surface area contributed by atoms with Crippen LogP contribution in [0.2, 0.25) is 0 Å². The van der Waals surface area contributed by atoms with Gasteiger partial charge in [0.05, 0.1) is 0 Å². The Morgan fingerprint density at radius 2 is 2.17 bits per heavy atom. The van der Waals surface area contributed by atoms with Crippen LogP contribution in [-0.4, -0.2) is 36.1 Å².